The summed E-state index contributed by atoms with van der Waals surface area (Å²) in [5.41, 5.74) is 0.164. The number of barbiturate groups is 1. The number of anilines is 1. The third-order valence-electron chi connectivity index (χ3n) is 3.72. The summed E-state index contributed by atoms with van der Waals surface area (Å²) in [6, 6.07) is 6.68. The number of methoxy groups -OCH3 is 1. The van der Waals surface area contributed by atoms with E-state index in [0.717, 1.165) is 17.0 Å². The number of nitrogens with one attached hydrogen (secondary N) is 1. The lowest BCUT2D eigenvalue weighted by Crippen LogP contribution is -2.54. The van der Waals surface area contributed by atoms with Gasteiger partial charge >= 0.3 is 6.03 Å². The van der Waals surface area contributed by atoms with Crippen LogP contribution in [0.5, 0.6) is 5.75 Å². The van der Waals surface area contributed by atoms with Crippen LogP contribution in [0.2, 0.25) is 10.0 Å². The molecule has 1 fully saturated rings. The molecule has 1 aliphatic heterocycles. The van der Waals surface area contributed by atoms with Gasteiger partial charge in [-0.2, -0.15) is 0 Å². The van der Waals surface area contributed by atoms with Gasteiger partial charge in [-0.05, 0) is 48.0 Å². The van der Waals surface area contributed by atoms with E-state index >= 15 is 0 Å². The second kappa shape index (κ2) is 7.38. The molecule has 2 aromatic rings. The van der Waals surface area contributed by atoms with Gasteiger partial charge in [0.1, 0.15) is 11.4 Å². The van der Waals surface area contributed by atoms with Crippen LogP contribution in [0.15, 0.2) is 42.0 Å². The van der Waals surface area contributed by atoms with E-state index in [1.807, 2.05) is 0 Å². The van der Waals surface area contributed by atoms with E-state index in [1.165, 1.54) is 37.5 Å². The van der Waals surface area contributed by atoms with Gasteiger partial charge in [0, 0.05) is 0 Å². The minimum absolute atomic E-state index is 0.114. The molecule has 1 aliphatic rings. The van der Waals surface area contributed by atoms with Crippen LogP contribution in [-0.4, -0.2) is 25.0 Å². The summed E-state index contributed by atoms with van der Waals surface area (Å²) in [6.45, 7) is 0. The second-order valence-corrected chi connectivity index (χ2v) is 6.27. The summed E-state index contributed by atoms with van der Waals surface area (Å²) < 4.78 is 18.2. The van der Waals surface area contributed by atoms with Gasteiger partial charge in [0.05, 0.1) is 22.8 Å². The normalized spacial score (nSPS) is 15.9. The van der Waals surface area contributed by atoms with Crippen molar-refractivity contribution in [2.75, 3.05) is 12.0 Å². The number of hydrogen-bond donors (Lipinski definition) is 1. The molecule has 4 amide bonds. The second-order valence-electron chi connectivity index (χ2n) is 5.45. The number of nitrogens with zero attached hydrogens (tertiary/aromatic N) is 1. The molecule has 0 atom stereocenters. The van der Waals surface area contributed by atoms with E-state index in [2.05, 4.69) is 5.32 Å². The van der Waals surface area contributed by atoms with Crippen LogP contribution in [-0.2, 0) is 9.59 Å². The molecule has 27 heavy (non-hydrogen) atoms. The summed E-state index contributed by atoms with van der Waals surface area (Å²) in [6.07, 6.45) is 1.25. The zero-order valence-electron chi connectivity index (χ0n) is 13.8. The molecule has 138 valence electrons. The van der Waals surface area contributed by atoms with Crippen molar-refractivity contribution in [3.8, 4) is 5.75 Å². The number of hydrogen-bond acceptors (Lipinski definition) is 4. The standard InChI is InChI=1S/C18H11Cl2FN2O4/c1-27-15-13(19)7-9(8-14(15)20)6-12-16(24)22-18(26)23(17(12)25)11-4-2-10(21)3-5-11/h2-8H,1H3,(H,22,24,26)/b12-6+. The lowest BCUT2D eigenvalue weighted by atomic mass is 10.1. The quantitative estimate of drug-likeness (QED) is 0.618. The highest BCUT2D eigenvalue weighted by Crippen LogP contribution is 2.34. The Morgan fingerprint density at radius 1 is 1.07 bits per heavy atom. The smallest absolute Gasteiger partial charge is 0.335 e. The van der Waals surface area contributed by atoms with Gasteiger partial charge in [-0.15, -0.1) is 0 Å². The fraction of sp³-hybridized carbons (Fsp3) is 0.0556. The molecule has 0 spiro atoms. The van der Waals surface area contributed by atoms with E-state index < -0.39 is 23.7 Å². The molecule has 0 saturated carbocycles. The molecule has 0 unspecified atom stereocenters. The van der Waals surface area contributed by atoms with Gasteiger partial charge in [0.2, 0.25) is 0 Å². The van der Waals surface area contributed by atoms with Gasteiger partial charge in [0.15, 0.2) is 5.75 Å². The number of halogens is 3. The summed E-state index contributed by atoms with van der Waals surface area (Å²) in [7, 11) is 1.40. The third-order valence-corrected chi connectivity index (χ3v) is 4.28. The highest BCUT2D eigenvalue weighted by atomic mass is 35.5. The van der Waals surface area contributed by atoms with E-state index in [1.54, 1.807) is 0 Å². The van der Waals surface area contributed by atoms with Gasteiger partial charge in [-0.1, -0.05) is 23.2 Å². The number of ether oxygens (including phenoxy) is 1. The Hall–Kier alpha value is -2.90. The van der Waals surface area contributed by atoms with Crippen molar-refractivity contribution in [2.24, 2.45) is 0 Å². The number of rotatable bonds is 3. The zero-order valence-corrected chi connectivity index (χ0v) is 15.3. The summed E-state index contributed by atoms with van der Waals surface area (Å²) in [4.78, 5) is 37.7. The molecular formula is C18H11Cl2FN2O4. The monoisotopic (exact) mass is 408 g/mol. The predicted octanol–water partition coefficient (Wildman–Crippen LogP) is 3.81. The lowest BCUT2D eigenvalue weighted by Gasteiger charge is -2.26. The first-order chi connectivity index (χ1) is 12.8. The molecule has 0 aliphatic carbocycles. The third kappa shape index (κ3) is 3.65. The number of imide groups is 2. The van der Waals surface area contributed by atoms with Crippen LogP contribution < -0.4 is 15.0 Å². The summed E-state index contributed by atoms with van der Waals surface area (Å²) >= 11 is 12.1. The summed E-state index contributed by atoms with van der Waals surface area (Å²) in [5.74, 6) is -2.01. The molecule has 3 rings (SSSR count). The topological polar surface area (TPSA) is 75.7 Å². The minimum atomic E-state index is -0.931. The van der Waals surface area contributed by atoms with Crippen molar-refractivity contribution in [1.82, 2.24) is 5.32 Å². The van der Waals surface area contributed by atoms with Gasteiger partial charge in [-0.3, -0.25) is 14.9 Å². The number of amides is 4. The molecule has 1 saturated heterocycles. The Kier molecular flexibility index (Phi) is 5.16. The Morgan fingerprint density at radius 3 is 2.22 bits per heavy atom. The number of benzene rings is 2. The fourth-order valence-corrected chi connectivity index (χ4v) is 3.16. The highest BCUT2D eigenvalue weighted by Gasteiger charge is 2.36. The van der Waals surface area contributed by atoms with Crippen LogP contribution in [0.3, 0.4) is 0 Å². The average molecular weight is 409 g/mol. The molecule has 0 radical (unpaired) electrons. The van der Waals surface area contributed by atoms with Gasteiger partial charge < -0.3 is 4.74 Å². The molecule has 0 aromatic heterocycles. The number of carbonyl (C=O) groups excluding carboxylic acids is 3. The van der Waals surface area contributed by atoms with E-state index in [4.69, 9.17) is 27.9 Å². The lowest BCUT2D eigenvalue weighted by molar-refractivity contribution is -0.122. The van der Waals surface area contributed by atoms with Crippen molar-refractivity contribution in [3.05, 3.63) is 63.4 Å². The van der Waals surface area contributed by atoms with E-state index in [-0.39, 0.29) is 27.1 Å². The maximum Gasteiger partial charge on any atom is 0.335 e. The van der Waals surface area contributed by atoms with Gasteiger partial charge in [-0.25, -0.2) is 14.1 Å². The number of carbonyl (C=O) groups is 3. The van der Waals surface area contributed by atoms with Crippen molar-refractivity contribution in [2.45, 2.75) is 0 Å². The highest BCUT2D eigenvalue weighted by molar-refractivity contribution is 6.40. The maximum atomic E-state index is 13.1. The van der Waals surface area contributed by atoms with Crippen LogP contribution in [0, 0.1) is 5.82 Å². The van der Waals surface area contributed by atoms with Crippen molar-refractivity contribution in [1.29, 1.82) is 0 Å². The number of urea groups is 1. The average Bonchev–Trinajstić information content (AvgIpc) is 2.60. The molecular weight excluding hydrogens is 398 g/mol. The van der Waals surface area contributed by atoms with Crippen LogP contribution in [0.4, 0.5) is 14.9 Å². The molecule has 1 heterocycles. The fourth-order valence-electron chi connectivity index (χ4n) is 2.51. The minimum Gasteiger partial charge on any atom is -0.494 e. The summed E-state index contributed by atoms with van der Waals surface area (Å²) in [5, 5.41) is 2.44. The Labute approximate surface area is 163 Å². The largest absolute Gasteiger partial charge is 0.494 e. The SMILES string of the molecule is COc1c(Cl)cc(/C=C2\C(=O)NC(=O)N(c3ccc(F)cc3)C2=O)cc1Cl. The van der Waals surface area contributed by atoms with Crippen LogP contribution in [0.1, 0.15) is 5.56 Å². The van der Waals surface area contributed by atoms with Crippen molar-refractivity contribution >= 4 is 52.8 Å². The zero-order chi connectivity index (χ0) is 19.7. The Balaban J connectivity index is 2.03. The molecule has 9 heteroatoms. The molecule has 2 aromatic carbocycles. The van der Waals surface area contributed by atoms with E-state index in [0.29, 0.717) is 5.56 Å². The predicted molar refractivity (Wildman–Crippen MR) is 98.4 cm³/mol. The van der Waals surface area contributed by atoms with E-state index in [9.17, 15) is 18.8 Å². The van der Waals surface area contributed by atoms with Gasteiger partial charge in [0.25, 0.3) is 11.8 Å². The Morgan fingerprint density at radius 2 is 1.67 bits per heavy atom. The van der Waals surface area contributed by atoms with Crippen molar-refractivity contribution in [3.63, 3.8) is 0 Å². The van der Waals surface area contributed by atoms with Crippen molar-refractivity contribution < 1.29 is 23.5 Å². The molecule has 0 bridgehead atoms. The van der Waals surface area contributed by atoms with Crippen LogP contribution >= 0.6 is 23.2 Å². The molecule has 6 nitrogen and oxygen atoms in total. The molecule has 1 N–H and O–H groups in total. The first-order valence-corrected chi connectivity index (χ1v) is 8.27. The van der Waals surface area contributed by atoms with Crippen LogP contribution in [0.25, 0.3) is 6.08 Å². The Bertz CT molecular complexity index is 966. The first kappa shape index (κ1) is 18.9. The maximum absolute atomic E-state index is 13.1. The first-order valence-electron chi connectivity index (χ1n) is 7.52.